The van der Waals surface area contributed by atoms with Crippen LogP contribution in [0.3, 0.4) is 0 Å². The van der Waals surface area contributed by atoms with E-state index in [2.05, 4.69) is 4.98 Å². The van der Waals surface area contributed by atoms with Gasteiger partial charge in [0.2, 0.25) is 0 Å². The number of benzene rings is 1. The minimum atomic E-state index is -0.927. The molecule has 1 aromatic carbocycles. The van der Waals surface area contributed by atoms with Crippen LogP contribution in [0, 0.1) is 0 Å². The monoisotopic (exact) mass is 241 g/mol. The minimum Gasteiger partial charge on any atom is -0.478 e. The van der Waals surface area contributed by atoms with Gasteiger partial charge in [0, 0.05) is 11.8 Å². The van der Waals surface area contributed by atoms with Crippen molar-refractivity contribution in [3.63, 3.8) is 0 Å². The van der Waals surface area contributed by atoms with Gasteiger partial charge in [0.1, 0.15) is 0 Å². The van der Waals surface area contributed by atoms with Crippen LogP contribution in [0.25, 0.3) is 11.1 Å². The Morgan fingerprint density at radius 2 is 1.83 bits per heavy atom. The van der Waals surface area contributed by atoms with E-state index in [4.69, 9.17) is 0 Å². The molecule has 1 N–H and O–H groups in total. The number of carboxylic acids is 1. The number of aromatic nitrogens is 1. The Kier molecular flexibility index (Phi) is 3.42. The van der Waals surface area contributed by atoms with E-state index in [9.17, 15) is 9.90 Å². The molecule has 92 valence electrons. The number of hydrogen-bond acceptors (Lipinski definition) is 2. The summed E-state index contributed by atoms with van der Waals surface area (Å²) in [7, 11) is 0. The summed E-state index contributed by atoms with van der Waals surface area (Å²) >= 11 is 0. The van der Waals surface area contributed by atoms with Crippen molar-refractivity contribution in [2.75, 3.05) is 0 Å². The fraction of sp³-hybridized carbons (Fsp3) is 0.200. The fourth-order valence-electron chi connectivity index (χ4n) is 1.90. The molecule has 0 amide bonds. The lowest BCUT2D eigenvalue weighted by Gasteiger charge is -2.10. The maximum Gasteiger partial charge on any atom is 0.337 e. The summed E-state index contributed by atoms with van der Waals surface area (Å²) in [6.07, 6.45) is 1.73. The quantitative estimate of drug-likeness (QED) is 0.893. The van der Waals surface area contributed by atoms with Crippen LogP contribution in [0.15, 0.2) is 42.6 Å². The molecule has 0 aliphatic carbocycles. The second-order valence-electron chi connectivity index (χ2n) is 4.48. The molecule has 0 radical (unpaired) electrons. The molecule has 18 heavy (non-hydrogen) atoms. The van der Waals surface area contributed by atoms with Gasteiger partial charge in [0.05, 0.1) is 11.3 Å². The summed E-state index contributed by atoms with van der Waals surface area (Å²) in [5.74, 6) is -0.829. The lowest BCUT2D eigenvalue weighted by molar-refractivity contribution is 0.0694. The van der Waals surface area contributed by atoms with Crippen molar-refractivity contribution in [1.29, 1.82) is 0 Å². The van der Waals surface area contributed by atoms with Gasteiger partial charge < -0.3 is 5.11 Å². The van der Waals surface area contributed by atoms with Gasteiger partial charge in [-0.3, -0.25) is 4.98 Å². The number of nitrogens with zero attached hydrogens (tertiary/aromatic N) is 1. The van der Waals surface area contributed by atoms with Gasteiger partial charge in [-0.15, -0.1) is 0 Å². The van der Waals surface area contributed by atoms with Crippen LogP contribution in [-0.2, 0) is 0 Å². The van der Waals surface area contributed by atoms with Crippen molar-refractivity contribution in [3.8, 4) is 11.1 Å². The Morgan fingerprint density at radius 3 is 2.39 bits per heavy atom. The zero-order valence-corrected chi connectivity index (χ0v) is 10.4. The molecule has 3 heteroatoms. The second-order valence-corrected chi connectivity index (χ2v) is 4.48. The van der Waals surface area contributed by atoms with Crippen LogP contribution in [0.5, 0.6) is 0 Å². The fourth-order valence-corrected chi connectivity index (χ4v) is 1.90. The Morgan fingerprint density at radius 1 is 1.17 bits per heavy atom. The third-order valence-corrected chi connectivity index (χ3v) is 2.80. The van der Waals surface area contributed by atoms with Gasteiger partial charge in [-0.2, -0.15) is 0 Å². The molecule has 0 bridgehead atoms. The summed E-state index contributed by atoms with van der Waals surface area (Å²) < 4.78 is 0. The van der Waals surface area contributed by atoms with Gasteiger partial charge >= 0.3 is 5.97 Å². The molecule has 0 fully saturated rings. The number of hydrogen-bond donors (Lipinski definition) is 1. The first-order chi connectivity index (χ1) is 8.59. The standard InChI is InChI=1S/C15H15NO2/c1-10(2)14-13(15(17)18)8-12(9-16-14)11-6-4-3-5-7-11/h3-10H,1-2H3,(H,17,18). The van der Waals surface area contributed by atoms with Crippen molar-refractivity contribution in [3.05, 3.63) is 53.9 Å². The van der Waals surface area contributed by atoms with E-state index in [0.29, 0.717) is 5.69 Å². The lowest BCUT2D eigenvalue weighted by Crippen LogP contribution is -2.06. The van der Waals surface area contributed by atoms with Crippen LogP contribution in [0.4, 0.5) is 0 Å². The van der Waals surface area contributed by atoms with Crippen LogP contribution in [-0.4, -0.2) is 16.1 Å². The molecule has 0 atom stereocenters. The first kappa shape index (κ1) is 12.3. The summed E-state index contributed by atoms with van der Waals surface area (Å²) in [5.41, 5.74) is 2.72. The Hall–Kier alpha value is -2.16. The Balaban J connectivity index is 2.54. The molecule has 3 nitrogen and oxygen atoms in total. The number of pyridine rings is 1. The van der Waals surface area contributed by atoms with Crippen LogP contribution in [0.1, 0.15) is 35.8 Å². The molecule has 0 aliphatic heterocycles. The second kappa shape index (κ2) is 5.00. The molecule has 1 aromatic heterocycles. The molecule has 2 aromatic rings. The summed E-state index contributed by atoms with van der Waals surface area (Å²) in [5, 5.41) is 9.25. The molecule has 0 spiro atoms. The van der Waals surface area contributed by atoms with Crippen molar-refractivity contribution in [2.45, 2.75) is 19.8 Å². The maximum atomic E-state index is 11.3. The first-order valence-electron chi connectivity index (χ1n) is 5.88. The SMILES string of the molecule is CC(C)c1ncc(-c2ccccc2)cc1C(=O)O. The molecule has 0 saturated heterocycles. The maximum absolute atomic E-state index is 11.3. The van der Waals surface area contributed by atoms with Gasteiger partial charge in [-0.25, -0.2) is 4.79 Å². The highest BCUT2D eigenvalue weighted by Gasteiger charge is 2.15. The Bertz CT molecular complexity index is 562. The van der Waals surface area contributed by atoms with Gasteiger partial charge in [0.15, 0.2) is 0 Å². The largest absolute Gasteiger partial charge is 0.478 e. The molecule has 0 unspecified atom stereocenters. The summed E-state index contributed by atoms with van der Waals surface area (Å²) in [4.78, 5) is 15.6. The third-order valence-electron chi connectivity index (χ3n) is 2.80. The molecular formula is C15H15NO2. The number of aromatic carboxylic acids is 1. The Labute approximate surface area is 106 Å². The van der Waals surface area contributed by atoms with Crippen LogP contribution in [0.2, 0.25) is 0 Å². The third kappa shape index (κ3) is 2.40. The summed E-state index contributed by atoms with van der Waals surface area (Å²) in [6.45, 7) is 3.88. The number of carbonyl (C=O) groups is 1. The highest BCUT2D eigenvalue weighted by molar-refractivity contribution is 5.90. The predicted octanol–water partition coefficient (Wildman–Crippen LogP) is 3.57. The molecule has 2 rings (SSSR count). The zero-order valence-electron chi connectivity index (χ0n) is 10.4. The van der Waals surface area contributed by atoms with Crippen molar-refractivity contribution in [1.82, 2.24) is 4.98 Å². The van der Waals surface area contributed by atoms with Crippen LogP contribution >= 0.6 is 0 Å². The van der Waals surface area contributed by atoms with E-state index in [0.717, 1.165) is 11.1 Å². The molecule has 1 heterocycles. The molecular weight excluding hydrogens is 226 g/mol. The van der Waals surface area contributed by atoms with Crippen molar-refractivity contribution in [2.24, 2.45) is 0 Å². The normalized spacial score (nSPS) is 10.6. The van der Waals surface area contributed by atoms with Crippen LogP contribution < -0.4 is 0 Å². The van der Waals surface area contributed by atoms with Crippen molar-refractivity contribution < 1.29 is 9.90 Å². The van der Waals surface area contributed by atoms with Gasteiger partial charge in [0.25, 0.3) is 0 Å². The van der Waals surface area contributed by atoms with E-state index >= 15 is 0 Å². The van der Waals surface area contributed by atoms with Gasteiger partial charge in [-0.05, 0) is 17.5 Å². The first-order valence-corrected chi connectivity index (χ1v) is 5.88. The van der Waals surface area contributed by atoms with Gasteiger partial charge in [-0.1, -0.05) is 44.2 Å². The highest BCUT2D eigenvalue weighted by atomic mass is 16.4. The predicted molar refractivity (Wildman–Crippen MR) is 70.7 cm³/mol. The van der Waals surface area contributed by atoms with E-state index in [1.54, 1.807) is 12.3 Å². The zero-order chi connectivity index (χ0) is 13.1. The van der Waals surface area contributed by atoms with E-state index in [-0.39, 0.29) is 11.5 Å². The topological polar surface area (TPSA) is 50.2 Å². The lowest BCUT2D eigenvalue weighted by atomic mass is 9.99. The smallest absolute Gasteiger partial charge is 0.337 e. The summed E-state index contributed by atoms with van der Waals surface area (Å²) in [6, 6.07) is 11.4. The molecule has 0 saturated carbocycles. The average molecular weight is 241 g/mol. The van der Waals surface area contributed by atoms with Crippen molar-refractivity contribution >= 4 is 5.97 Å². The average Bonchev–Trinajstić information content (AvgIpc) is 2.39. The minimum absolute atomic E-state index is 0.0981. The van der Waals surface area contributed by atoms with E-state index in [1.165, 1.54) is 0 Å². The highest BCUT2D eigenvalue weighted by Crippen LogP contribution is 2.24. The number of carboxylic acid groups (broad SMARTS) is 1. The van der Waals surface area contributed by atoms with E-state index < -0.39 is 5.97 Å². The molecule has 0 aliphatic rings. The number of rotatable bonds is 3. The van der Waals surface area contributed by atoms with E-state index in [1.807, 2.05) is 44.2 Å².